The highest BCUT2D eigenvalue weighted by molar-refractivity contribution is 4.74. The number of unbranched alkanes of at least 4 members (excludes halogenated alkanes) is 1. The molecule has 98 valence electrons. The molecule has 0 aliphatic carbocycles. The Bertz CT molecular complexity index is 149. The molecular weight excluding hydrogens is 200 g/mol. The van der Waals surface area contributed by atoms with Crippen LogP contribution in [0.15, 0.2) is 0 Å². The third kappa shape index (κ3) is 6.49. The van der Waals surface area contributed by atoms with Gasteiger partial charge in [0, 0.05) is 6.61 Å². The molecule has 0 atom stereocenters. The first-order valence-electron chi connectivity index (χ1n) is 6.95. The largest absolute Gasteiger partial charge is 0.390 e. The summed E-state index contributed by atoms with van der Waals surface area (Å²) >= 11 is 0. The van der Waals surface area contributed by atoms with Crippen LogP contribution >= 0.6 is 0 Å². The SMILES string of the molecule is CCC(CC)OCCCCC(O)(CC)CC. The molecule has 2 nitrogen and oxygen atoms in total. The van der Waals surface area contributed by atoms with Crippen molar-refractivity contribution in [1.82, 2.24) is 0 Å². The Morgan fingerprint density at radius 3 is 2.00 bits per heavy atom. The van der Waals surface area contributed by atoms with Crippen molar-refractivity contribution in [2.75, 3.05) is 6.61 Å². The van der Waals surface area contributed by atoms with E-state index in [4.69, 9.17) is 4.74 Å². The molecule has 0 amide bonds. The number of ether oxygens (including phenoxy) is 1. The van der Waals surface area contributed by atoms with Crippen LogP contribution in [0.4, 0.5) is 0 Å². The smallest absolute Gasteiger partial charge is 0.0642 e. The van der Waals surface area contributed by atoms with Crippen molar-refractivity contribution >= 4 is 0 Å². The summed E-state index contributed by atoms with van der Waals surface area (Å²) < 4.78 is 5.74. The maximum atomic E-state index is 10.1. The van der Waals surface area contributed by atoms with E-state index in [0.717, 1.165) is 51.6 Å². The van der Waals surface area contributed by atoms with E-state index in [2.05, 4.69) is 27.7 Å². The van der Waals surface area contributed by atoms with Gasteiger partial charge in [0.1, 0.15) is 0 Å². The molecule has 0 radical (unpaired) electrons. The number of hydrogen-bond donors (Lipinski definition) is 1. The summed E-state index contributed by atoms with van der Waals surface area (Å²) in [6.07, 6.45) is 7.39. The molecule has 0 aromatic rings. The van der Waals surface area contributed by atoms with Gasteiger partial charge in [0.15, 0.2) is 0 Å². The van der Waals surface area contributed by atoms with Gasteiger partial charge in [0.05, 0.1) is 11.7 Å². The molecule has 0 spiro atoms. The summed E-state index contributed by atoms with van der Waals surface area (Å²) in [5, 5.41) is 10.1. The second-order valence-corrected chi connectivity index (χ2v) is 4.70. The van der Waals surface area contributed by atoms with Gasteiger partial charge in [0.2, 0.25) is 0 Å². The van der Waals surface area contributed by atoms with Gasteiger partial charge in [-0.15, -0.1) is 0 Å². The van der Waals surface area contributed by atoms with Crippen molar-refractivity contribution in [2.45, 2.75) is 84.3 Å². The summed E-state index contributed by atoms with van der Waals surface area (Å²) in [6, 6.07) is 0. The lowest BCUT2D eigenvalue weighted by molar-refractivity contribution is 0.0130. The lowest BCUT2D eigenvalue weighted by atomic mass is 9.91. The van der Waals surface area contributed by atoms with Crippen LogP contribution in [0.3, 0.4) is 0 Å². The molecule has 0 fully saturated rings. The molecule has 0 rings (SSSR count). The van der Waals surface area contributed by atoms with Gasteiger partial charge in [-0.25, -0.2) is 0 Å². The van der Waals surface area contributed by atoms with E-state index in [9.17, 15) is 5.11 Å². The van der Waals surface area contributed by atoms with E-state index in [1.165, 1.54) is 0 Å². The second kappa shape index (κ2) is 9.00. The van der Waals surface area contributed by atoms with Crippen molar-refractivity contribution < 1.29 is 9.84 Å². The Morgan fingerprint density at radius 2 is 1.56 bits per heavy atom. The van der Waals surface area contributed by atoms with Crippen molar-refractivity contribution in [1.29, 1.82) is 0 Å². The van der Waals surface area contributed by atoms with Crippen molar-refractivity contribution in [2.24, 2.45) is 0 Å². The Labute approximate surface area is 101 Å². The number of hydrogen-bond acceptors (Lipinski definition) is 2. The molecule has 0 saturated carbocycles. The molecule has 0 bridgehead atoms. The first kappa shape index (κ1) is 15.9. The van der Waals surface area contributed by atoms with Gasteiger partial charge in [-0.05, 0) is 44.9 Å². The summed E-state index contributed by atoms with van der Waals surface area (Å²) in [5.74, 6) is 0. The highest BCUT2D eigenvalue weighted by Gasteiger charge is 2.20. The van der Waals surface area contributed by atoms with Gasteiger partial charge < -0.3 is 9.84 Å². The van der Waals surface area contributed by atoms with Crippen LogP contribution in [0.5, 0.6) is 0 Å². The predicted molar refractivity (Wildman–Crippen MR) is 69.7 cm³/mol. The van der Waals surface area contributed by atoms with Gasteiger partial charge >= 0.3 is 0 Å². The topological polar surface area (TPSA) is 29.5 Å². The predicted octanol–water partition coefficient (Wildman–Crippen LogP) is 3.91. The summed E-state index contributed by atoms with van der Waals surface area (Å²) in [4.78, 5) is 0. The zero-order valence-electron chi connectivity index (χ0n) is 11.6. The summed E-state index contributed by atoms with van der Waals surface area (Å²) in [7, 11) is 0. The third-order valence-corrected chi connectivity index (χ3v) is 3.62. The van der Waals surface area contributed by atoms with Crippen LogP contribution in [-0.2, 0) is 4.74 Å². The highest BCUT2D eigenvalue weighted by Crippen LogP contribution is 2.21. The summed E-state index contributed by atoms with van der Waals surface area (Å²) in [5.41, 5.74) is -0.436. The minimum Gasteiger partial charge on any atom is -0.390 e. The fourth-order valence-electron chi connectivity index (χ4n) is 1.93. The average Bonchev–Trinajstić information content (AvgIpc) is 2.33. The first-order chi connectivity index (χ1) is 7.61. The molecule has 0 unspecified atom stereocenters. The Kier molecular flexibility index (Phi) is 8.96. The maximum absolute atomic E-state index is 10.1. The molecule has 1 N–H and O–H groups in total. The van der Waals surface area contributed by atoms with Crippen molar-refractivity contribution in [3.63, 3.8) is 0 Å². The van der Waals surface area contributed by atoms with Crippen LogP contribution in [0.1, 0.15) is 72.6 Å². The lowest BCUT2D eigenvalue weighted by Crippen LogP contribution is -2.26. The fourth-order valence-corrected chi connectivity index (χ4v) is 1.93. The van der Waals surface area contributed by atoms with E-state index in [0.29, 0.717) is 6.10 Å². The number of aliphatic hydroxyl groups is 1. The van der Waals surface area contributed by atoms with E-state index >= 15 is 0 Å². The zero-order valence-corrected chi connectivity index (χ0v) is 11.6. The minimum atomic E-state index is -0.436. The standard InChI is InChI=1S/C14H30O2/c1-5-13(6-2)16-12-10-9-11-14(15,7-3)8-4/h13,15H,5-12H2,1-4H3. The normalized spacial score (nSPS) is 12.4. The Balaban J connectivity index is 3.52. The second-order valence-electron chi connectivity index (χ2n) is 4.70. The van der Waals surface area contributed by atoms with Crippen molar-refractivity contribution in [3.05, 3.63) is 0 Å². The molecule has 0 aromatic heterocycles. The first-order valence-corrected chi connectivity index (χ1v) is 6.95. The van der Waals surface area contributed by atoms with Crippen LogP contribution < -0.4 is 0 Å². The minimum absolute atomic E-state index is 0.427. The van der Waals surface area contributed by atoms with Crippen LogP contribution in [-0.4, -0.2) is 23.4 Å². The van der Waals surface area contributed by atoms with Crippen LogP contribution in [0.2, 0.25) is 0 Å². The molecule has 0 aromatic carbocycles. The third-order valence-electron chi connectivity index (χ3n) is 3.62. The molecule has 16 heavy (non-hydrogen) atoms. The van der Waals surface area contributed by atoms with E-state index in [1.807, 2.05) is 0 Å². The number of rotatable bonds is 10. The molecule has 0 aliphatic rings. The Morgan fingerprint density at radius 1 is 1.00 bits per heavy atom. The van der Waals surface area contributed by atoms with E-state index in [1.54, 1.807) is 0 Å². The van der Waals surface area contributed by atoms with E-state index in [-0.39, 0.29) is 0 Å². The quantitative estimate of drug-likeness (QED) is 0.576. The monoisotopic (exact) mass is 230 g/mol. The molecule has 2 heteroatoms. The van der Waals surface area contributed by atoms with Gasteiger partial charge in [-0.1, -0.05) is 27.7 Å². The molecular formula is C14H30O2. The van der Waals surface area contributed by atoms with Crippen LogP contribution in [0, 0.1) is 0 Å². The van der Waals surface area contributed by atoms with Crippen LogP contribution in [0.25, 0.3) is 0 Å². The van der Waals surface area contributed by atoms with Gasteiger partial charge in [-0.2, -0.15) is 0 Å². The summed E-state index contributed by atoms with van der Waals surface area (Å²) in [6.45, 7) is 9.30. The molecule has 0 heterocycles. The van der Waals surface area contributed by atoms with Gasteiger partial charge in [0.25, 0.3) is 0 Å². The maximum Gasteiger partial charge on any atom is 0.0642 e. The van der Waals surface area contributed by atoms with E-state index < -0.39 is 5.60 Å². The van der Waals surface area contributed by atoms with Crippen molar-refractivity contribution in [3.8, 4) is 0 Å². The lowest BCUT2D eigenvalue weighted by Gasteiger charge is -2.25. The fraction of sp³-hybridized carbons (Fsp3) is 1.00. The average molecular weight is 230 g/mol. The highest BCUT2D eigenvalue weighted by atomic mass is 16.5. The zero-order chi connectivity index (χ0) is 12.4. The Hall–Kier alpha value is -0.0800. The molecule has 0 saturated heterocycles. The molecule has 0 aliphatic heterocycles. The van der Waals surface area contributed by atoms with Gasteiger partial charge in [-0.3, -0.25) is 0 Å².